The van der Waals surface area contributed by atoms with Crippen LogP contribution in [0.3, 0.4) is 0 Å². The standard InChI is InChI=1S/C44H32N2/c1-31-15-8-9-22-37(31)41(30-34-27-28-39(32-16-4-2-5-17-32)40-24-11-10-23-38(34)40)33-18-14-19-35(29-33)44-45-42-25-12-13-26-43(42)46(44)36-20-6-3-7-21-36/h2-29H,1,30H2/b41-37+. The highest BCUT2D eigenvalue weighted by Crippen LogP contribution is 2.34. The highest BCUT2D eigenvalue weighted by Gasteiger charge is 2.16. The second-order valence-corrected chi connectivity index (χ2v) is 11.7. The summed E-state index contributed by atoms with van der Waals surface area (Å²) in [6, 6.07) is 60.2. The zero-order chi connectivity index (χ0) is 30.9. The molecule has 0 unspecified atom stereocenters. The quantitative estimate of drug-likeness (QED) is 0.189. The molecule has 218 valence electrons. The number of imidazole rings is 1. The number of aromatic nitrogens is 2. The van der Waals surface area contributed by atoms with Gasteiger partial charge in [-0.15, -0.1) is 0 Å². The lowest BCUT2D eigenvalue weighted by Gasteiger charge is -2.16. The van der Waals surface area contributed by atoms with Crippen molar-refractivity contribution in [3.8, 4) is 28.2 Å². The molecule has 7 aromatic carbocycles. The van der Waals surface area contributed by atoms with E-state index in [4.69, 9.17) is 4.98 Å². The Morgan fingerprint density at radius 3 is 2.07 bits per heavy atom. The summed E-state index contributed by atoms with van der Waals surface area (Å²) in [6.45, 7) is 4.45. The Hall–Kier alpha value is -5.99. The minimum atomic E-state index is 0.765. The Labute approximate surface area is 268 Å². The summed E-state index contributed by atoms with van der Waals surface area (Å²) in [5, 5.41) is 4.71. The molecule has 0 spiro atoms. The van der Waals surface area contributed by atoms with Crippen molar-refractivity contribution < 1.29 is 0 Å². The number of hydrogen-bond donors (Lipinski definition) is 0. The zero-order valence-electron chi connectivity index (χ0n) is 25.5. The number of para-hydroxylation sites is 3. The van der Waals surface area contributed by atoms with Crippen LogP contribution in [0.25, 0.3) is 62.2 Å². The first-order valence-corrected chi connectivity index (χ1v) is 15.7. The van der Waals surface area contributed by atoms with Crippen molar-refractivity contribution in [3.05, 3.63) is 191 Å². The van der Waals surface area contributed by atoms with Crippen LogP contribution >= 0.6 is 0 Å². The average Bonchev–Trinajstić information content (AvgIpc) is 3.52. The molecule has 0 radical (unpaired) electrons. The SMILES string of the molecule is C=c1cccc/c1=C(/Cc1ccc(-c2ccccc2)c2ccccc12)c1cccc(-c2nc3ccccc3n2-c2ccccc2)c1. The van der Waals surface area contributed by atoms with Crippen molar-refractivity contribution in [3.63, 3.8) is 0 Å². The van der Waals surface area contributed by atoms with E-state index < -0.39 is 0 Å². The van der Waals surface area contributed by atoms with Gasteiger partial charge in [0.05, 0.1) is 11.0 Å². The first-order chi connectivity index (χ1) is 22.7. The fourth-order valence-corrected chi connectivity index (χ4v) is 6.65. The van der Waals surface area contributed by atoms with Gasteiger partial charge in [-0.25, -0.2) is 4.98 Å². The molecule has 0 aliphatic carbocycles. The van der Waals surface area contributed by atoms with Gasteiger partial charge in [-0.1, -0.05) is 146 Å². The molecule has 2 heteroatoms. The maximum absolute atomic E-state index is 5.15. The molecule has 0 aliphatic rings. The van der Waals surface area contributed by atoms with Crippen LogP contribution in [0.2, 0.25) is 0 Å². The number of rotatable bonds is 6. The molecule has 0 aliphatic heterocycles. The number of nitrogens with zero attached hydrogens (tertiary/aromatic N) is 2. The van der Waals surface area contributed by atoms with Gasteiger partial charge in [-0.2, -0.15) is 0 Å². The van der Waals surface area contributed by atoms with Crippen LogP contribution in [0.15, 0.2) is 170 Å². The Bertz CT molecular complexity index is 2450. The number of hydrogen-bond acceptors (Lipinski definition) is 1. The number of fused-ring (bicyclic) bond motifs is 2. The van der Waals surface area contributed by atoms with Crippen molar-refractivity contribution in [2.75, 3.05) is 0 Å². The van der Waals surface area contributed by atoms with Crippen molar-refractivity contribution in [2.45, 2.75) is 6.42 Å². The van der Waals surface area contributed by atoms with Gasteiger partial charge in [0.2, 0.25) is 0 Å². The van der Waals surface area contributed by atoms with Crippen LogP contribution in [0.1, 0.15) is 11.1 Å². The topological polar surface area (TPSA) is 17.8 Å². The van der Waals surface area contributed by atoms with Gasteiger partial charge >= 0.3 is 0 Å². The van der Waals surface area contributed by atoms with Gasteiger partial charge in [0.15, 0.2) is 0 Å². The van der Waals surface area contributed by atoms with Crippen LogP contribution in [-0.2, 0) is 6.42 Å². The van der Waals surface area contributed by atoms with Crippen LogP contribution in [0.4, 0.5) is 0 Å². The molecule has 8 rings (SSSR count). The Kier molecular flexibility index (Phi) is 7.09. The highest BCUT2D eigenvalue weighted by atomic mass is 15.1. The van der Waals surface area contributed by atoms with E-state index >= 15 is 0 Å². The molecular formula is C44H32N2. The normalized spacial score (nSPS) is 12.0. The molecule has 0 amide bonds. The van der Waals surface area contributed by atoms with Gasteiger partial charge in [0, 0.05) is 11.3 Å². The van der Waals surface area contributed by atoms with E-state index in [9.17, 15) is 0 Å². The first kappa shape index (κ1) is 27.6. The first-order valence-electron chi connectivity index (χ1n) is 15.7. The van der Waals surface area contributed by atoms with Crippen LogP contribution in [0, 0.1) is 0 Å². The van der Waals surface area contributed by atoms with Crippen LogP contribution < -0.4 is 10.4 Å². The van der Waals surface area contributed by atoms with E-state index in [0.29, 0.717) is 0 Å². The maximum Gasteiger partial charge on any atom is 0.145 e. The minimum absolute atomic E-state index is 0.765. The monoisotopic (exact) mass is 588 g/mol. The summed E-state index contributed by atoms with van der Waals surface area (Å²) < 4.78 is 2.26. The summed E-state index contributed by atoms with van der Waals surface area (Å²) in [7, 11) is 0. The Morgan fingerprint density at radius 2 is 1.24 bits per heavy atom. The molecule has 0 N–H and O–H groups in total. The summed E-state index contributed by atoms with van der Waals surface area (Å²) in [6.07, 6.45) is 0.765. The number of benzene rings is 7. The minimum Gasteiger partial charge on any atom is -0.292 e. The molecule has 2 nitrogen and oxygen atoms in total. The molecule has 0 atom stereocenters. The highest BCUT2D eigenvalue weighted by molar-refractivity contribution is 5.99. The summed E-state index contributed by atoms with van der Waals surface area (Å²) in [5.41, 5.74) is 10.4. The van der Waals surface area contributed by atoms with Gasteiger partial charge in [0.1, 0.15) is 5.82 Å². The fourth-order valence-electron chi connectivity index (χ4n) is 6.65. The fraction of sp³-hybridized carbons (Fsp3) is 0.0227. The molecule has 0 saturated heterocycles. The second-order valence-electron chi connectivity index (χ2n) is 11.7. The molecule has 0 bridgehead atoms. The van der Waals surface area contributed by atoms with Crippen molar-refractivity contribution in [1.29, 1.82) is 0 Å². The molecular weight excluding hydrogens is 556 g/mol. The van der Waals surface area contributed by atoms with Gasteiger partial charge < -0.3 is 0 Å². The van der Waals surface area contributed by atoms with Gasteiger partial charge in [-0.05, 0) is 85.8 Å². The van der Waals surface area contributed by atoms with Crippen molar-refractivity contribution in [2.24, 2.45) is 0 Å². The lowest BCUT2D eigenvalue weighted by Crippen LogP contribution is -2.26. The summed E-state index contributed by atoms with van der Waals surface area (Å²) in [5.74, 6) is 0.925. The Balaban J connectivity index is 1.31. The van der Waals surface area contributed by atoms with Crippen molar-refractivity contribution >= 4 is 34.0 Å². The smallest absolute Gasteiger partial charge is 0.145 e. The molecule has 1 aromatic heterocycles. The third-order valence-electron chi connectivity index (χ3n) is 8.85. The van der Waals surface area contributed by atoms with Crippen LogP contribution in [0.5, 0.6) is 0 Å². The van der Waals surface area contributed by atoms with Gasteiger partial charge in [0.25, 0.3) is 0 Å². The third-order valence-corrected chi connectivity index (χ3v) is 8.85. The van der Waals surface area contributed by atoms with E-state index in [-0.39, 0.29) is 0 Å². The van der Waals surface area contributed by atoms with E-state index in [1.807, 2.05) is 0 Å². The second kappa shape index (κ2) is 11.8. The lowest BCUT2D eigenvalue weighted by molar-refractivity contribution is 1.10. The summed E-state index contributed by atoms with van der Waals surface area (Å²) >= 11 is 0. The Morgan fingerprint density at radius 1 is 0.565 bits per heavy atom. The largest absolute Gasteiger partial charge is 0.292 e. The third kappa shape index (κ3) is 5.00. The average molecular weight is 589 g/mol. The zero-order valence-corrected chi connectivity index (χ0v) is 25.5. The van der Waals surface area contributed by atoms with Crippen LogP contribution in [-0.4, -0.2) is 9.55 Å². The predicted octanol–water partition coefficient (Wildman–Crippen LogP) is 9.36. The molecule has 0 fully saturated rings. The van der Waals surface area contributed by atoms with Gasteiger partial charge in [-0.3, -0.25) is 4.57 Å². The van der Waals surface area contributed by atoms with E-state index in [2.05, 4.69) is 181 Å². The molecule has 8 aromatic rings. The van der Waals surface area contributed by atoms with E-state index in [1.165, 1.54) is 33.0 Å². The van der Waals surface area contributed by atoms with E-state index in [0.717, 1.165) is 50.5 Å². The lowest BCUT2D eigenvalue weighted by atomic mass is 9.89. The molecule has 1 heterocycles. The maximum atomic E-state index is 5.15. The molecule has 46 heavy (non-hydrogen) atoms. The van der Waals surface area contributed by atoms with Crippen molar-refractivity contribution in [1.82, 2.24) is 9.55 Å². The molecule has 0 saturated carbocycles. The predicted molar refractivity (Wildman–Crippen MR) is 193 cm³/mol. The van der Waals surface area contributed by atoms with E-state index in [1.54, 1.807) is 0 Å². The summed E-state index contributed by atoms with van der Waals surface area (Å²) in [4.78, 5) is 5.15.